The highest BCUT2D eigenvalue weighted by molar-refractivity contribution is 5.95. The van der Waals surface area contributed by atoms with Crippen LogP contribution >= 0.6 is 0 Å². The molecule has 2 atom stereocenters. The molecule has 1 amide bonds. The highest BCUT2D eigenvalue weighted by Gasteiger charge is 2.38. The summed E-state index contributed by atoms with van der Waals surface area (Å²) in [5.41, 5.74) is 1.66. The van der Waals surface area contributed by atoms with E-state index in [1.807, 2.05) is 11.8 Å². The van der Waals surface area contributed by atoms with Crippen LogP contribution < -0.4 is 0 Å². The summed E-state index contributed by atoms with van der Waals surface area (Å²) in [5, 5.41) is 0. The molecule has 4 rings (SSSR count). The van der Waals surface area contributed by atoms with Crippen LogP contribution in [0.25, 0.3) is 0 Å². The van der Waals surface area contributed by atoms with E-state index >= 15 is 0 Å². The monoisotopic (exact) mass is 316 g/mol. The van der Waals surface area contributed by atoms with Gasteiger partial charge in [0.2, 0.25) is 0 Å². The topological polar surface area (TPSA) is 58.6 Å². The number of piperidine rings is 1. The fraction of sp³-hybridized carbons (Fsp3) is 0.706. The molecule has 0 N–H and O–H groups in total. The maximum Gasteiger partial charge on any atom is 0.257 e. The van der Waals surface area contributed by atoms with Gasteiger partial charge in [-0.15, -0.1) is 0 Å². The van der Waals surface area contributed by atoms with E-state index < -0.39 is 0 Å². The van der Waals surface area contributed by atoms with E-state index in [0.29, 0.717) is 17.5 Å². The Hall–Kier alpha value is -1.53. The number of aryl methyl sites for hydroxylation is 1. The van der Waals surface area contributed by atoms with E-state index in [4.69, 9.17) is 4.74 Å². The number of likely N-dealkylation sites (tertiary alicyclic amines) is 1. The van der Waals surface area contributed by atoms with Gasteiger partial charge in [-0.25, -0.2) is 9.97 Å². The fourth-order valence-corrected chi connectivity index (χ4v) is 3.72. The number of ether oxygens (including phenoxy) is 1. The second-order valence-electron chi connectivity index (χ2n) is 6.99. The number of hydrogen-bond acceptors (Lipinski definition) is 5. The van der Waals surface area contributed by atoms with Gasteiger partial charge >= 0.3 is 0 Å². The third-order valence-corrected chi connectivity index (χ3v) is 5.28. The summed E-state index contributed by atoms with van der Waals surface area (Å²) < 4.78 is 5.87. The Bertz CT molecular complexity index is 617. The van der Waals surface area contributed by atoms with Crippen LogP contribution in [-0.2, 0) is 4.74 Å². The van der Waals surface area contributed by atoms with E-state index in [9.17, 15) is 4.79 Å². The number of nitrogens with zero attached hydrogens (tertiary/aromatic N) is 4. The van der Waals surface area contributed by atoms with Crippen LogP contribution in [-0.4, -0.2) is 71.1 Å². The predicted molar refractivity (Wildman–Crippen MR) is 85.4 cm³/mol. The van der Waals surface area contributed by atoms with E-state index in [2.05, 4.69) is 21.9 Å². The first-order valence-corrected chi connectivity index (χ1v) is 8.58. The van der Waals surface area contributed by atoms with Crippen molar-refractivity contribution in [2.45, 2.75) is 44.2 Å². The Kier molecular flexibility index (Phi) is 3.81. The van der Waals surface area contributed by atoms with Crippen molar-refractivity contribution in [3.63, 3.8) is 0 Å². The van der Waals surface area contributed by atoms with Crippen molar-refractivity contribution < 1.29 is 9.53 Å². The lowest BCUT2D eigenvalue weighted by Gasteiger charge is -2.45. The molecule has 6 nitrogen and oxygen atoms in total. The predicted octanol–water partition coefficient (Wildman–Crippen LogP) is 1.21. The van der Waals surface area contributed by atoms with Gasteiger partial charge < -0.3 is 9.64 Å². The van der Waals surface area contributed by atoms with Crippen molar-refractivity contribution in [1.82, 2.24) is 19.8 Å². The molecule has 0 unspecified atom stereocenters. The van der Waals surface area contributed by atoms with Gasteiger partial charge in [-0.1, -0.05) is 0 Å². The highest BCUT2D eigenvalue weighted by atomic mass is 16.5. The molecule has 0 radical (unpaired) electrons. The van der Waals surface area contributed by atoms with Gasteiger partial charge in [0.25, 0.3) is 5.91 Å². The van der Waals surface area contributed by atoms with E-state index in [0.717, 1.165) is 57.0 Å². The van der Waals surface area contributed by atoms with Gasteiger partial charge in [0.05, 0.1) is 30.0 Å². The summed E-state index contributed by atoms with van der Waals surface area (Å²) in [6.45, 7) is 5.11. The zero-order valence-electron chi connectivity index (χ0n) is 13.9. The number of morpholine rings is 1. The zero-order valence-corrected chi connectivity index (χ0v) is 13.9. The number of carbonyl (C=O) groups is 1. The summed E-state index contributed by atoms with van der Waals surface area (Å²) in [6.07, 6.45) is 5.17. The molecule has 124 valence electrons. The quantitative estimate of drug-likeness (QED) is 0.821. The molecule has 6 heteroatoms. The molecule has 2 saturated heterocycles. The number of likely N-dealkylation sites (N-methyl/N-ethyl adjacent to an activating group) is 1. The third kappa shape index (κ3) is 2.85. The Morgan fingerprint density at radius 2 is 2.13 bits per heavy atom. The van der Waals surface area contributed by atoms with Crippen molar-refractivity contribution in [2.75, 3.05) is 33.3 Å². The van der Waals surface area contributed by atoms with Crippen LogP contribution in [0.2, 0.25) is 0 Å². The second kappa shape index (κ2) is 5.83. The first kappa shape index (κ1) is 15.0. The Balaban J connectivity index is 1.55. The lowest BCUT2D eigenvalue weighted by Crippen LogP contribution is -2.59. The van der Waals surface area contributed by atoms with Crippen molar-refractivity contribution in [2.24, 2.45) is 0 Å². The van der Waals surface area contributed by atoms with Crippen LogP contribution in [0, 0.1) is 6.92 Å². The Morgan fingerprint density at radius 1 is 1.30 bits per heavy atom. The minimum atomic E-state index is 0.0873. The summed E-state index contributed by atoms with van der Waals surface area (Å²) in [5.74, 6) is 1.29. The number of carbonyl (C=O) groups excluding carboxylic acids is 1. The van der Waals surface area contributed by atoms with Crippen LogP contribution in [0.15, 0.2) is 6.20 Å². The minimum absolute atomic E-state index is 0.0873. The van der Waals surface area contributed by atoms with E-state index in [-0.39, 0.29) is 12.0 Å². The summed E-state index contributed by atoms with van der Waals surface area (Å²) in [6, 6.07) is 0.303. The van der Waals surface area contributed by atoms with Crippen molar-refractivity contribution in [3.8, 4) is 0 Å². The third-order valence-electron chi connectivity index (χ3n) is 5.28. The Labute approximate surface area is 136 Å². The molecular formula is C17H24N4O2. The first-order chi connectivity index (χ1) is 11.1. The molecule has 0 bridgehead atoms. The van der Waals surface area contributed by atoms with Crippen LogP contribution in [0.5, 0.6) is 0 Å². The molecule has 2 aliphatic heterocycles. The molecule has 3 fully saturated rings. The van der Waals surface area contributed by atoms with Gasteiger partial charge in [0.1, 0.15) is 5.82 Å². The molecule has 1 aromatic rings. The van der Waals surface area contributed by atoms with Crippen molar-refractivity contribution in [3.05, 3.63) is 23.3 Å². The fourth-order valence-electron chi connectivity index (χ4n) is 3.72. The molecule has 1 aliphatic carbocycles. The molecule has 0 aromatic carbocycles. The first-order valence-electron chi connectivity index (χ1n) is 8.58. The van der Waals surface area contributed by atoms with Gasteiger partial charge in [-0.2, -0.15) is 0 Å². The van der Waals surface area contributed by atoms with Gasteiger partial charge in [0, 0.05) is 31.7 Å². The molecule has 23 heavy (non-hydrogen) atoms. The molecule has 1 saturated carbocycles. The smallest absolute Gasteiger partial charge is 0.257 e. The summed E-state index contributed by atoms with van der Waals surface area (Å²) in [7, 11) is 2.12. The second-order valence-corrected chi connectivity index (χ2v) is 6.99. The molecular weight excluding hydrogens is 292 g/mol. The number of hydrogen-bond donors (Lipinski definition) is 0. The largest absolute Gasteiger partial charge is 0.375 e. The molecule has 3 heterocycles. The maximum absolute atomic E-state index is 13.0. The lowest BCUT2D eigenvalue weighted by atomic mass is 9.98. The normalized spacial score (nSPS) is 28.5. The van der Waals surface area contributed by atoms with Gasteiger partial charge in [-0.3, -0.25) is 9.69 Å². The van der Waals surface area contributed by atoms with Crippen LogP contribution in [0.1, 0.15) is 47.1 Å². The number of amides is 1. The summed E-state index contributed by atoms with van der Waals surface area (Å²) in [4.78, 5) is 26.1. The van der Waals surface area contributed by atoms with E-state index in [1.54, 1.807) is 6.20 Å². The minimum Gasteiger partial charge on any atom is -0.375 e. The van der Waals surface area contributed by atoms with Crippen LogP contribution in [0.3, 0.4) is 0 Å². The molecule has 0 spiro atoms. The van der Waals surface area contributed by atoms with Crippen molar-refractivity contribution >= 4 is 5.91 Å². The number of fused-ring (bicyclic) bond motifs is 1. The van der Waals surface area contributed by atoms with E-state index in [1.165, 1.54) is 0 Å². The van der Waals surface area contributed by atoms with Gasteiger partial charge in [-0.05, 0) is 33.2 Å². The SMILES string of the molecule is Cc1ncc(C(=O)N2CC[C@@H]3OCCN(C)[C@H]3C2)c(C2CC2)n1. The van der Waals surface area contributed by atoms with Gasteiger partial charge in [0.15, 0.2) is 0 Å². The Morgan fingerprint density at radius 3 is 2.91 bits per heavy atom. The molecule has 1 aromatic heterocycles. The van der Waals surface area contributed by atoms with Crippen molar-refractivity contribution in [1.29, 1.82) is 0 Å². The number of aromatic nitrogens is 2. The van der Waals surface area contributed by atoms with Crippen LogP contribution in [0.4, 0.5) is 0 Å². The average molecular weight is 316 g/mol. The maximum atomic E-state index is 13.0. The molecule has 3 aliphatic rings. The summed E-state index contributed by atoms with van der Waals surface area (Å²) >= 11 is 0. The number of rotatable bonds is 2. The average Bonchev–Trinajstić information content (AvgIpc) is 3.39. The zero-order chi connectivity index (χ0) is 16.0. The lowest BCUT2D eigenvalue weighted by molar-refractivity contribution is -0.0893. The highest BCUT2D eigenvalue weighted by Crippen LogP contribution is 2.40. The standard InChI is InChI=1S/C17H24N4O2/c1-11-18-9-13(16(19-11)12-3-4-12)17(22)21-6-5-15-14(10-21)20(2)7-8-23-15/h9,12,14-15H,3-8,10H2,1-2H3/t14-,15-/m0/s1.